The molecule has 0 radical (unpaired) electrons. The van der Waals surface area contributed by atoms with Crippen LogP contribution in [0.25, 0.3) is 0 Å². The smallest absolute Gasteiger partial charge is 0.191 e. The van der Waals surface area contributed by atoms with Crippen molar-refractivity contribution in [3.8, 4) is 0 Å². The predicted octanol–water partition coefficient (Wildman–Crippen LogP) is 2.87. The van der Waals surface area contributed by atoms with Crippen molar-refractivity contribution in [3.63, 3.8) is 0 Å². The second-order valence-electron chi connectivity index (χ2n) is 6.83. The van der Waals surface area contributed by atoms with Crippen LogP contribution in [0.1, 0.15) is 18.9 Å². The van der Waals surface area contributed by atoms with Gasteiger partial charge in [-0.05, 0) is 38.1 Å². The fraction of sp³-hybridized carbons (Fsp3) is 0.409. The highest BCUT2D eigenvalue weighted by Gasteiger charge is 2.10. The molecule has 2 rings (SSSR count). The van der Waals surface area contributed by atoms with Crippen LogP contribution in [0.3, 0.4) is 0 Å². The van der Waals surface area contributed by atoms with Crippen LogP contribution in [0.2, 0.25) is 0 Å². The molecule has 0 amide bonds. The Hall–Kier alpha value is -2.18. The van der Waals surface area contributed by atoms with Crippen LogP contribution in [0.15, 0.2) is 70.6 Å². The minimum Gasteiger partial charge on any atom is -0.356 e. The summed E-state index contributed by atoms with van der Waals surface area (Å²) < 4.78 is 12.2. The van der Waals surface area contributed by atoms with Gasteiger partial charge < -0.3 is 10.6 Å². The monoisotopic (exact) mass is 400 g/mol. The molecular formula is C22H32N4OS. The van der Waals surface area contributed by atoms with Gasteiger partial charge >= 0.3 is 0 Å². The molecular weight excluding hydrogens is 368 g/mol. The number of hydrogen-bond donors (Lipinski definition) is 2. The molecule has 2 aromatic rings. The van der Waals surface area contributed by atoms with Gasteiger partial charge in [0.05, 0.1) is 10.8 Å². The summed E-state index contributed by atoms with van der Waals surface area (Å²) in [6.45, 7) is 4.64. The van der Waals surface area contributed by atoms with Crippen LogP contribution < -0.4 is 10.6 Å². The zero-order chi connectivity index (χ0) is 20.2. The molecule has 0 fully saturated rings. The van der Waals surface area contributed by atoms with Crippen molar-refractivity contribution in [2.45, 2.75) is 30.8 Å². The molecule has 0 heterocycles. The molecule has 0 saturated heterocycles. The number of nitrogens with zero attached hydrogens (tertiary/aromatic N) is 2. The Bertz CT molecular complexity index is 737. The average Bonchev–Trinajstić information content (AvgIpc) is 2.73. The van der Waals surface area contributed by atoms with Crippen LogP contribution in [0.4, 0.5) is 0 Å². The van der Waals surface area contributed by atoms with Gasteiger partial charge in [-0.2, -0.15) is 0 Å². The van der Waals surface area contributed by atoms with Crippen LogP contribution >= 0.6 is 0 Å². The molecule has 152 valence electrons. The number of benzene rings is 2. The van der Waals surface area contributed by atoms with Gasteiger partial charge in [0.1, 0.15) is 0 Å². The Labute approximate surface area is 171 Å². The first-order valence-corrected chi connectivity index (χ1v) is 11.0. The Morgan fingerprint density at radius 1 is 1.04 bits per heavy atom. The molecule has 0 aromatic heterocycles. The standard InChI is InChI=1S/C22H32N4OS/c1-19(26(3)18-20-10-6-4-7-11-20)14-15-24-22(23-2)25-16-17-28(27)21-12-8-5-9-13-21/h4-13,19H,14-18H2,1-3H3,(H2,23,24,25). The molecule has 2 N–H and O–H groups in total. The van der Waals surface area contributed by atoms with E-state index in [4.69, 9.17) is 0 Å². The molecule has 0 aliphatic carbocycles. The van der Waals surface area contributed by atoms with Crippen molar-refractivity contribution in [2.24, 2.45) is 4.99 Å². The fourth-order valence-corrected chi connectivity index (χ4v) is 3.80. The van der Waals surface area contributed by atoms with Gasteiger partial charge in [-0.3, -0.25) is 14.1 Å². The van der Waals surface area contributed by atoms with Crippen molar-refractivity contribution in [1.29, 1.82) is 0 Å². The topological polar surface area (TPSA) is 56.7 Å². The number of aliphatic imine (C=N–C) groups is 1. The molecule has 5 nitrogen and oxygen atoms in total. The van der Waals surface area contributed by atoms with Gasteiger partial charge in [0.15, 0.2) is 5.96 Å². The summed E-state index contributed by atoms with van der Waals surface area (Å²) in [5, 5.41) is 6.59. The predicted molar refractivity (Wildman–Crippen MR) is 119 cm³/mol. The van der Waals surface area contributed by atoms with E-state index in [9.17, 15) is 4.21 Å². The third-order valence-corrected chi connectivity index (χ3v) is 6.06. The van der Waals surface area contributed by atoms with Gasteiger partial charge in [0, 0.05) is 43.4 Å². The van der Waals surface area contributed by atoms with Gasteiger partial charge in [-0.1, -0.05) is 48.5 Å². The first-order valence-electron chi connectivity index (χ1n) is 9.72. The second-order valence-corrected chi connectivity index (χ2v) is 8.40. The molecule has 0 spiro atoms. The van der Waals surface area contributed by atoms with Crippen molar-refractivity contribution in [3.05, 3.63) is 66.2 Å². The van der Waals surface area contributed by atoms with Gasteiger partial charge in [0.25, 0.3) is 0 Å². The zero-order valence-corrected chi connectivity index (χ0v) is 17.9. The van der Waals surface area contributed by atoms with Crippen molar-refractivity contribution in [2.75, 3.05) is 32.9 Å². The highest BCUT2D eigenvalue weighted by atomic mass is 32.2. The summed E-state index contributed by atoms with van der Waals surface area (Å²) in [7, 11) is 2.92. The molecule has 0 aliphatic rings. The molecule has 28 heavy (non-hydrogen) atoms. The Morgan fingerprint density at radius 2 is 1.64 bits per heavy atom. The fourth-order valence-electron chi connectivity index (χ4n) is 2.82. The third kappa shape index (κ3) is 7.82. The van der Waals surface area contributed by atoms with E-state index in [1.807, 2.05) is 36.4 Å². The molecule has 0 bridgehead atoms. The van der Waals surface area contributed by atoms with E-state index in [2.05, 4.69) is 58.8 Å². The number of rotatable bonds is 10. The Kier molecular flexibility index (Phi) is 9.72. The summed E-state index contributed by atoms with van der Waals surface area (Å²) in [5.74, 6) is 1.31. The minimum atomic E-state index is -0.993. The zero-order valence-electron chi connectivity index (χ0n) is 17.1. The highest BCUT2D eigenvalue weighted by Crippen LogP contribution is 2.08. The quantitative estimate of drug-likeness (QED) is 0.476. The van der Waals surface area contributed by atoms with E-state index in [1.54, 1.807) is 7.05 Å². The number of hydrogen-bond acceptors (Lipinski definition) is 3. The van der Waals surface area contributed by atoms with Crippen molar-refractivity contribution in [1.82, 2.24) is 15.5 Å². The van der Waals surface area contributed by atoms with E-state index >= 15 is 0 Å². The lowest BCUT2D eigenvalue weighted by molar-refractivity contribution is 0.238. The molecule has 2 atom stereocenters. The molecule has 0 saturated carbocycles. The summed E-state index contributed by atoms with van der Waals surface area (Å²) in [4.78, 5) is 7.47. The van der Waals surface area contributed by atoms with E-state index in [0.717, 1.165) is 30.4 Å². The van der Waals surface area contributed by atoms with Crippen LogP contribution in [-0.4, -0.2) is 54.0 Å². The average molecular weight is 401 g/mol. The lowest BCUT2D eigenvalue weighted by Gasteiger charge is -2.25. The Balaban J connectivity index is 1.65. The maximum atomic E-state index is 12.2. The summed E-state index contributed by atoms with van der Waals surface area (Å²) >= 11 is 0. The second kappa shape index (κ2) is 12.3. The van der Waals surface area contributed by atoms with Crippen LogP contribution in [-0.2, 0) is 17.3 Å². The third-order valence-electron chi connectivity index (χ3n) is 4.69. The summed E-state index contributed by atoms with van der Waals surface area (Å²) in [6, 6.07) is 20.5. The van der Waals surface area contributed by atoms with Gasteiger partial charge in [-0.15, -0.1) is 0 Å². The molecule has 2 unspecified atom stereocenters. The molecule has 2 aromatic carbocycles. The van der Waals surface area contributed by atoms with Crippen LogP contribution in [0, 0.1) is 0 Å². The number of nitrogens with one attached hydrogen (secondary N) is 2. The SMILES string of the molecule is CN=C(NCCC(C)N(C)Cc1ccccc1)NCCS(=O)c1ccccc1. The normalized spacial score (nSPS) is 13.9. The minimum absolute atomic E-state index is 0.455. The van der Waals surface area contributed by atoms with Crippen molar-refractivity contribution >= 4 is 16.8 Å². The number of guanidine groups is 1. The first-order chi connectivity index (χ1) is 13.6. The Morgan fingerprint density at radius 3 is 2.29 bits per heavy atom. The van der Waals surface area contributed by atoms with Crippen LogP contribution in [0.5, 0.6) is 0 Å². The summed E-state index contributed by atoms with van der Waals surface area (Å²) in [5.41, 5.74) is 1.33. The lowest BCUT2D eigenvalue weighted by Crippen LogP contribution is -2.41. The van der Waals surface area contributed by atoms with E-state index in [1.165, 1.54) is 5.56 Å². The van der Waals surface area contributed by atoms with Gasteiger partial charge in [0.2, 0.25) is 0 Å². The maximum Gasteiger partial charge on any atom is 0.191 e. The lowest BCUT2D eigenvalue weighted by atomic mass is 10.1. The molecule has 0 aliphatic heterocycles. The first kappa shape index (κ1) is 22.1. The van der Waals surface area contributed by atoms with E-state index in [0.29, 0.717) is 18.3 Å². The summed E-state index contributed by atoms with van der Waals surface area (Å²) in [6.07, 6.45) is 1.01. The highest BCUT2D eigenvalue weighted by molar-refractivity contribution is 7.85. The maximum absolute atomic E-state index is 12.2. The van der Waals surface area contributed by atoms with Gasteiger partial charge in [-0.25, -0.2) is 0 Å². The van der Waals surface area contributed by atoms with E-state index in [-0.39, 0.29) is 0 Å². The molecule has 6 heteroatoms. The van der Waals surface area contributed by atoms with E-state index < -0.39 is 10.8 Å². The largest absolute Gasteiger partial charge is 0.356 e. The van der Waals surface area contributed by atoms with Crippen molar-refractivity contribution < 1.29 is 4.21 Å².